The second-order valence-electron chi connectivity index (χ2n) is 10.4. The lowest BCUT2D eigenvalue weighted by atomic mass is 10.1. The lowest BCUT2D eigenvalue weighted by Gasteiger charge is -2.24. The predicted molar refractivity (Wildman–Crippen MR) is 168 cm³/mol. The molecular weight excluding hydrogens is 626 g/mol. The SMILES string of the molecule is COc1cc2c(Nc3ncc(CC(=O)Nc4cccc(F)c4)s3)ncnc2cc1OCCCN1CCC[C@H]1CCOP(=O)(O)O. The molecule has 2 aromatic heterocycles. The standard InChI is InChI=1S/C29H34FN6O7PS/c1-41-25-15-23-24(16-26(25)42-11-4-10-36-9-3-7-21(36)8-12-43-44(38,39)40)32-18-33-28(23)35-29-31-17-22(45-29)14-27(37)34-20-6-2-5-19(30)13-20/h2,5-6,13,15-18,21H,3-4,7-12,14H2,1H3,(H,34,37)(H2,38,39,40)(H,31,32,33,35)/t21-/m0/s1. The van der Waals surface area contributed by atoms with E-state index in [-0.39, 0.29) is 25.0 Å². The maximum Gasteiger partial charge on any atom is 0.469 e. The zero-order chi connectivity index (χ0) is 31.8. The van der Waals surface area contributed by atoms with Gasteiger partial charge in [-0.2, -0.15) is 0 Å². The second kappa shape index (κ2) is 15.0. The van der Waals surface area contributed by atoms with Crippen LogP contribution in [0.3, 0.4) is 0 Å². The van der Waals surface area contributed by atoms with Gasteiger partial charge in [-0.05, 0) is 56.5 Å². The average molecular weight is 661 g/mol. The molecule has 0 spiro atoms. The number of carbonyl (C=O) groups is 1. The number of thiazole rings is 1. The third-order valence-electron chi connectivity index (χ3n) is 7.20. The maximum absolute atomic E-state index is 13.4. The number of hydrogen-bond donors (Lipinski definition) is 4. The number of rotatable bonds is 15. The van der Waals surface area contributed by atoms with Gasteiger partial charge in [0.2, 0.25) is 5.91 Å². The molecule has 4 N–H and O–H groups in total. The number of methoxy groups -OCH3 is 1. The van der Waals surface area contributed by atoms with Crippen molar-refractivity contribution in [2.24, 2.45) is 0 Å². The quantitative estimate of drug-likeness (QED) is 0.101. The van der Waals surface area contributed by atoms with Crippen LogP contribution in [0, 0.1) is 5.82 Å². The summed E-state index contributed by atoms with van der Waals surface area (Å²) >= 11 is 1.30. The number of nitrogens with zero attached hydrogens (tertiary/aromatic N) is 4. The zero-order valence-corrected chi connectivity index (χ0v) is 26.2. The number of anilines is 3. The third-order valence-corrected chi connectivity index (χ3v) is 8.63. The Morgan fingerprint density at radius 1 is 1.18 bits per heavy atom. The minimum Gasteiger partial charge on any atom is -0.493 e. The molecule has 1 aliphatic rings. The highest BCUT2D eigenvalue weighted by molar-refractivity contribution is 7.46. The van der Waals surface area contributed by atoms with Crippen LogP contribution in [0.25, 0.3) is 10.9 Å². The molecule has 1 saturated heterocycles. The van der Waals surface area contributed by atoms with Gasteiger partial charge in [0.15, 0.2) is 16.6 Å². The molecule has 0 unspecified atom stereocenters. The van der Waals surface area contributed by atoms with Crippen molar-refractivity contribution in [1.29, 1.82) is 0 Å². The van der Waals surface area contributed by atoms with E-state index in [4.69, 9.17) is 19.3 Å². The number of aromatic nitrogens is 3. The van der Waals surface area contributed by atoms with Crippen LogP contribution in [0.2, 0.25) is 0 Å². The summed E-state index contributed by atoms with van der Waals surface area (Å²) < 4.78 is 40.7. The Kier molecular flexibility index (Phi) is 10.9. The fraction of sp³-hybridized carbons (Fsp3) is 0.379. The summed E-state index contributed by atoms with van der Waals surface area (Å²) in [5, 5.41) is 7.11. The molecule has 16 heteroatoms. The molecule has 3 heterocycles. The number of benzene rings is 2. The molecule has 4 aromatic rings. The number of carbonyl (C=O) groups excluding carboxylic acids is 1. The van der Waals surface area contributed by atoms with Gasteiger partial charge in [0, 0.05) is 40.8 Å². The number of fused-ring (bicyclic) bond motifs is 1. The summed E-state index contributed by atoms with van der Waals surface area (Å²) in [6, 6.07) is 9.53. The van der Waals surface area contributed by atoms with E-state index in [1.54, 1.807) is 31.5 Å². The Morgan fingerprint density at radius 3 is 2.84 bits per heavy atom. The van der Waals surface area contributed by atoms with E-state index in [9.17, 15) is 13.8 Å². The van der Waals surface area contributed by atoms with E-state index >= 15 is 0 Å². The van der Waals surface area contributed by atoms with Crippen molar-refractivity contribution in [3.63, 3.8) is 0 Å². The van der Waals surface area contributed by atoms with Gasteiger partial charge in [-0.1, -0.05) is 6.07 Å². The topological polar surface area (TPSA) is 168 Å². The van der Waals surface area contributed by atoms with Crippen molar-refractivity contribution in [3.05, 3.63) is 59.6 Å². The number of phosphoric acid groups is 1. The molecule has 1 fully saturated rings. The summed E-state index contributed by atoms with van der Waals surface area (Å²) in [5.41, 5.74) is 1.02. The minimum atomic E-state index is -4.45. The summed E-state index contributed by atoms with van der Waals surface area (Å²) in [4.78, 5) is 46.4. The monoisotopic (exact) mass is 660 g/mol. The number of phosphoric ester groups is 1. The lowest BCUT2D eigenvalue weighted by Crippen LogP contribution is -2.32. The van der Waals surface area contributed by atoms with Crippen LogP contribution >= 0.6 is 19.2 Å². The number of hydrogen-bond acceptors (Lipinski definition) is 11. The van der Waals surface area contributed by atoms with Gasteiger partial charge in [-0.25, -0.2) is 23.9 Å². The first kappa shape index (κ1) is 32.7. The average Bonchev–Trinajstić information content (AvgIpc) is 3.63. The van der Waals surface area contributed by atoms with Crippen LogP contribution in [0.4, 0.5) is 21.0 Å². The van der Waals surface area contributed by atoms with Crippen molar-refractivity contribution in [2.45, 2.75) is 38.1 Å². The van der Waals surface area contributed by atoms with Crippen molar-refractivity contribution >= 4 is 52.6 Å². The third kappa shape index (κ3) is 9.39. The van der Waals surface area contributed by atoms with Gasteiger partial charge in [0.05, 0.1) is 32.3 Å². The van der Waals surface area contributed by atoms with Crippen LogP contribution < -0.4 is 20.1 Å². The van der Waals surface area contributed by atoms with Gasteiger partial charge >= 0.3 is 7.82 Å². The molecule has 13 nitrogen and oxygen atoms in total. The molecule has 240 valence electrons. The van der Waals surface area contributed by atoms with Crippen molar-refractivity contribution in [3.8, 4) is 11.5 Å². The fourth-order valence-corrected chi connectivity index (χ4v) is 6.34. The molecule has 0 bridgehead atoms. The minimum absolute atomic E-state index is 0.0216. The fourth-order valence-electron chi connectivity index (χ4n) is 5.19. The Labute approximate surface area is 263 Å². The Balaban J connectivity index is 1.16. The molecule has 2 aromatic carbocycles. The highest BCUT2D eigenvalue weighted by atomic mass is 32.1. The Hall–Kier alpha value is -3.72. The van der Waals surface area contributed by atoms with E-state index < -0.39 is 13.6 Å². The summed E-state index contributed by atoms with van der Waals surface area (Å²) in [6.07, 6.45) is 6.44. The van der Waals surface area contributed by atoms with Crippen LogP contribution in [0.15, 0.2) is 48.9 Å². The first-order valence-corrected chi connectivity index (χ1v) is 16.7. The normalized spacial score (nSPS) is 15.3. The number of nitrogens with one attached hydrogen (secondary N) is 2. The second-order valence-corrected chi connectivity index (χ2v) is 12.7. The van der Waals surface area contributed by atoms with Gasteiger partial charge in [-0.15, -0.1) is 11.3 Å². The largest absolute Gasteiger partial charge is 0.493 e. The van der Waals surface area contributed by atoms with E-state index in [0.29, 0.717) is 56.9 Å². The maximum atomic E-state index is 13.4. The van der Waals surface area contributed by atoms with Crippen LogP contribution in [0.5, 0.6) is 11.5 Å². The molecule has 0 aliphatic carbocycles. The van der Waals surface area contributed by atoms with Gasteiger partial charge in [-0.3, -0.25) is 9.32 Å². The molecule has 45 heavy (non-hydrogen) atoms. The summed E-state index contributed by atoms with van der Waals surface area (Å²) in [6.45, 7) is 2.17. The lowest BCUT2D eigenvalue weighted by molar-refractivity contribution is -0.115. The molecule has 1 atom stereocenters. The number of likely N-dealkylation sites (tertiary alicyclic amines) is 1. The van der Waals surface area contributed by atoms with E-state index in [0.717, 1.165) is 32.4 Å². The molecule has 0 saturated carbocycles. The van der Waals surface area contributed by atoms with Gasteiger partial charge in [0.1, 0.15) is 18.0 Å². The molecule has 5 rings (SSSR count). The highest BCUT2D eigenvalue weighted by Crippen LogP contribution is 2.37. The molecule has 0 radical (unpaired) electrons. The first-order valence-electron chi connectivity index (χ1n) is 14.3. The molecular formula is C29H34FN6O7PS. The smallest absolute Gasteiger partial charge is 0.469 e. The van der Waals surface area contributed by atoms with Crippen molar-refractivity contribution in [1.82, 2.24) is 19.9 Å². The molecule has 1 aliphatic heterocycles. The van der Waals surface area contributed by atoms with E-state index in [1.807, 2.05) is 0 Å². The van der Waals surface area contributed by atoms with E-state index in [1.165, 1.54) is 35.9 Å². The summed E-state index contributed by atoms with van der Waals surface area (Å²) in [7, 11) is -2.90. The molecule has 1 amide bonds. The predicted octanol–water partition coefficient (Wildman–Crippen LogP) is 4.89. The Morgan fingerprint density at radius 2 is 2.04 bits per heavy atom. The first-order chi connectivity index (χ1) is 21.7. The number of amides is 1. The number of ether oxygens (including phenoxy) is 2. The Bertz CT molecular complexity index is 1670. The van der Waals surface area contributed by atoms with Crippen molar-refractivity contribution in [2.75, 3.05) is 44.0 Å². The number of halogens is 1. The van der Waals surface area contributed by atoms with Gasteiger partial charge in [0.25, 0.3) is 0 Å². The van der Waals surface area contributed by atoms with Crippen LogP contribution in [0.1, 0.15) is 30.6 Å². The van der Waals surface area contributed by atoms with Crippen molar-refractivity contribution < 1.29 is 37.5 Å². The van der Waals surface area contributed by atoms with Gasteiger partial charge < -0.3 is 34.8 Å². The zero-order valence-electron chi connectivity index (χ0n) is 24.5. The highest BCUT2D eigenvalue weighted by Gasteiger charge is 2.25. The van der Waals surface area contributed by atoms with Crippen LogP contribution in [-0.2, 0) is 20.3 Å². The van der Waals surface area contributed by atoms with E-state index in [2.05, 4.69) is 35.0 Å². The summed E-state index contributed by atoms with van der Waals surface area (Å²) in [5.74, 6) is 0.862. The van der Waals surface area contributed by atoms with Crippen LogP contribution in [-0.4, -0.2) is 75.0 Å².